The van der Waals surface area contributed by atoms with Crippen molar-refractivity contribution in [3.8, 4) is 0 Å². The van der Waals surface area contributed by atoms with Crippen LogP contribution in [0.4, 0.5) is 0 Å². The Kier molecular flexibility index (Phi) is 8.30. The van der Waals surface area contributed by atoms with Gasteiger partial charge >= 0.3 is 5.97 Å². The van der Waals surface area contributed by atoms with E-state index in [1.165, 1.54) is 96.3 Å². The van der Waals surface area contributed by atoms with Gasteiger partial charge in [-0.05, 0) is 68.6 Å². The first kappa shape index (κ1) is 22.2. The van der Waals surface area contributed by atoms with Gasteiger partial charge in [-0.3, -0.25) is 4.79 Å². The van der Waals surface area contributed by atoms with Crippen molar-refractivity contribution in [1.82, 2.24) is 0 Å². The molecule has 0 saturated heterocycles. The van der Waals surface area contributed by atoms with Gasteiger partial charge in [0.1, 0.15) is 0 Å². The Labute approximate surface area is 174 Å². The van der Waals surface area contributed by atoms with E-state index in [0.29, 0.717) is 6.61 Å². The summed E-state index contributed by atoms with van der Waals surface area (Å²) in [4.78, 5) is 13.5. The van der Waals surface area contributed by atoms with Crippen LogP contribution in [0.15, 0.2) is 0 Å². The second-order valence-electron chi connectivity index (χ2n) is 10.4. The van der Waals surface area contributed by atoms with Crippen molar-refractivity contribution >= 4 is 5.97 Å². The van der Waals surface area contributed by atoms with Gasteiger partial charge in [-0.1, -0.05) is 78.1 Å². The Hall–Kier alpha value is -0.530. The lowest BCUT2D eigenvalue weighted by molar-refractivity contribution is -0.175. The molecular weight excluding hydrogens is 344 g/mol. The Morgan fingerprint density at radius 3 is 2.00 bits per heavy atom. The van der Waals surface area contributed by atoms with Crippen molar-refractivity contribution in [2.45, 2.75) is 129 Å². The summed E-state index contributed by atoms with van der Waals surface area (Å²) in [6.07, 6.45) is 23.3. The molecule has 2 nitrogen and oxygen atoms in total. The highest BCUT2D eigenvalue weighted by molar-refractivity contribution is 5.78. The summed E-state index contributed by atoms with van der Waals surface area (Å²) in [6.45, 7) is 5.03. The van der Waals surface area contributed by atoms with Gasteiger partial charge in [-0.25, -0.2) is 0 Å². The smallest absolute Gasteiger partial charge is 0.312 e. The molecule has 0 radical (unpaired) electrons. The Bertz CT molecular complexity index is 463. The zero-order valence-corrected chi connectivity index (χ0v) is 18.9. The molecular formula is C26H46O2. The fourth-order valence-corrected chi connectivity index (χ4v) is 7.19. The van der Waals surface area contributed by atoms with Crippen molar-refractivity contribution in [2.24, 2.45) is 22.7 Å². The maximum Gasteiger partial charge on any atom is 0.312 e. The first-order chi connectivity index (χ1) is 13.7. The zero-order valence-electron chi connectivity index (χ0n) is 18.9. The van der Waals surface area contributed by atoms with Gasteiger partial charge in [0.2, 0.25) is 0 Å². The van der Waals surface area contributed by atoms with Crippen molar-refractivity contribution in [3.05, 3.63) is 0 Å². The molecule has 0 aromatic heterocycles. The predicted octanol–water partition coefficient (Wildman–Crippen LogP) is 7.84. The molecule has 3 saturated carbocycles. The highest BCUT2D eigenvalue weighted by Crippen LogP contribution is 2.61. The normalized spacial score (nSPS) is 31.4. The third kappa shape index (κ3) is 4.62. The third-order valence-electron chi connectivity index (χ3n) is 8.86. The molecule has 2 heteroatoms. The van der Waals surface area contributed by atoms with Gasteiger partial charge in [0, 0.05) is 0 Å². The molecule has 162 valence electrons. The second-order valence-corrected chi connectivity index (χ2v) is 10.4. The Morgan fingerprint density at radius 2 is 1.39 bits per heavy atom. The number of rotatable bonds is 8. The quantitative estimate of drug-likeness (QED) is 0.395. The molecule has 0 unspecified atom stereocenters. The predicted molar refractivity (Wildman–Crippen MR) is 117 cm³/mol. The van der Waals surface area contributed by atoms with E-state index < -0.39 is 0 Å². The summed E-state index contributed by atoms with van der Waals surface area (Å²) in [7, 11) is 0. The molecule has 0 aromatic rings. The van der Waals surface area contributed by atoms with Crippen LogP contribution in [0.3, 0.4) is 0 Å². The Balaban J connectivity index is 1.79. The van der Waals surface area contributed by atoms with Crippen LogP contribution < -0.4 is 0 Å². The third-order valence-corrected chi connectivity index (χ3v) is 8.86. The maximum atomic E-state index is 13.5. The molecule has 3 rings (SSSR count). The standard InChI is InChI=1S/C26H46O2/c1-3-5-16-25(19-14-23(15-20-25)22-12-8-6-9-13-22)26(17-10-7-11-18-26)24(27)28-21-4-2/h22-23H,3-21H2,1-2H3/t23-,25+. The molecule has 0 amide bonds. The van der Waals surface area contributed by atoms with Crippen LogP contribution in [0.5, 0.6) is 0 Å². The monoisotopic (exact) mass is 390 g/mol. The van der Waals surface area contributed by atoms with E-state index >= 15 is 0 Å². The molecule has 3 aliphatic rings. The van der Waals surface area contributed by atoms with Gasteiger partial charge in [0.05, 0.1) is 12.0 Å². The average molecular weight is 391 g/mol. The molecule has 3 aliphatic carbocycles. The molecule has 0 spiro atoms. The van der Waals surface area contributed by atoms with Crippen LogP contribution >= 0.6 is 0 Å². The van der Waals surface area contributed by atoms with Crippen LogP contribution in [0, 0.1) is 22.7 Å². The summed E-state index contributed by atoms with van der Waals surface area (Å²) in [5.74, 6) is 2.09. The van der Waals surface area contributed by atoms with Crippen LogP contribution in [-0.4, -0.2) is 12.6 Å². The zero-order chi connectivity index (χ0) is 19.9. The number of esters is 1. The van der Waals surface area contributed by atoms with Gasteiger partial charge in [0.25, 0.3) is 0 Å². The number of carbonyl (C=O) groups is 1. The van der Waals surface area contributed by atoms with Crippen LogP contribution in [0.1, 0.15) is 129 Å². The average Bonchev–Trinajstić information content (AvgIpc) is 2.77. The molecule has 3 fully saturated rings. The minimum atomic E-state index is -0.173. The van der Waals surface area contributed by atoms with Gasteiger partial charge < -0.3 is 4.74 Å². The van der Waals surface area contributed by atoms with E-state index in [1.54, 1.807) is 0 Å². The summed E-state index contributed by atoms with van der Waals surface area (Å²) >= 11 is 0. The minimum Gasteiger partial charge on any atom is -0.465 e. The van der Waals surface area contributed by atoms with Crippen LogP contribution in [0.25, 0.3) is 0 Å². The molecule has 28 heavy (non-hydrogen) atoms. The fraction of sp³-hybridized carbons (Fsp3) is 0.962. The van der Waals surface area contributed by atoms with Crippen LogP contribution in [-0.2, 0) is 9.53 Å². The maximum absolute atomic E-state index is 13.5. The van der Waals surface area contributed by atoms with E-state index in [9.17, 15) is 4.79 Å². The topological polar surface area (TPSA) is 26.3 Å². The van der Waals surface area contributed by atoms with Crippen molar-refractivity contribution < 1.29 is 9.53 Å². The molecule has 0 atom stereocenters. The lowest BCUT2D eigenvalue weighted by Gasteiger charge is -2.55. The van der Waals surface area contributed by atoms with Gasteiger partial charge in [-0.2, -0.15) is 0 Å². The largest absolute Gasteiger partial charge is 0.465 e. The lowest BCUT2D eigenvalue weighted by atomic mass is 9.49. The fourth-order valence-electron chi connectivity index (χ4n) is 7.19. The molecule has 0 bridgehead atoms. The minimum absolute atomic E-state index is 0.173. The molecule has 0 heterocycles. The van der Waals surface area contributed by atoms with Crippen LogP contribution in [0.2, 0.25) is 0 Å². The van der Waals surface area contributed by atoms with E-state index in [-0.39, 0.29) is 16.8 Å². The number of hydrogen-bond donors (Lipinski definition) is 0. The summed E-state index contributed by atoms with van der Waals surface area (Å²) in [5.41, 5.74) is 0.0482. The summed E-state index contributed by atoms with van der Waals surface area (Å²) in [6, 6.07) is 0. The van der Waals surface area contributed by atoms with Gasteiger partial charge in [0.15, 0.2) is 0 Å². The second kappa shape index (κ2) is 10.5. The number of ether oxygens (including phenoxy) is 1. The van der Waals surface area contributed by atoms with E-state index in [2.05, 4.69) is 13.8 Å². The van der Waals surface area contributed by atoms with E-state index in [0.717, 1.165) is 31.1 Å². The molecule has 0 aliphatic heterocycles. The first-order valence-electron chi connectivity index (χ1n) is 12.8. The van der Waals surface area contributed by atoms with Crippen molar-refractivity contribution in [3.63, 3.8) is 0 Å². The van der Waals surface area contributed by atoms with Gasteiger partial charge in [-0.15, -0.1) is 0 Å². The molecule has 0 N–H and O–H groups in total. The number of unbranched alkanes of at least 4 members (excludes halogenated alkanes) is 1. The highest BCUT2D eigenvalue weighted by atomic mass is 16.5. The first-order valence-corrected chi connectivity index (χ1v) is 12.8. The number of carbonyl (C=O) groups excluding carboxylic acids is 1. The highest BCUT2D eigenvalue weighted by Gasteiger charge is 2.57. The van der Waals surface area contributed by atoms with Crippen molar-refractivity contribution in [1.29, 1.82) is 0 Å². The van der Waals surface area contributed by atoms with Crippen molar-refractivity contribution in [2.75, 3.05) is 6.61 Å². The number of hydrogen-bond acceptors (Lipinski definition) is 2. The lowest BCUT2D eigenvalue weighted by Crippen LogP contribution is -2.52. The Morgan fingerprint density at radius 1 is 0.786 bits per heavy atom. The SMILES string of the molecule is CCCC[C@]1(C2(C(=O)OCCC)CCCCC2)CC[C@@H](C2CCCCC2)CC1. The van der Waals surface area contributed by atoms with E-state index in [4.69, 9.17) is 4.74 Å². The summed E-state index contributed by atoms with van der Waals surface area (Å²) in [5, 5.41) is 0. The van der Waals surface area contributed by atoms with E-state index in [1.807, 2.05) is 0 Å². The summed E-state index contributed by atoms with van der Waals surface area (Å²) < 4.78 is 5.90. The molecule has 0 aromatic carbocycles.